The molecule has 25 heavy (non-hydrogen) atoms. The second-order valence-electron chi connectivity index (χ2n) is 6.46. The number of hydrogen-bond acceptors (Lipinski definition) is 4. The van der Waals surface area contributed by atoms with Gasteiger partial charge in [-0.05, 0) is 65.3 Å². The minimum atomic E-state index is -0.141. The van der Waals surface area contributed by atoms with Crippen LogP contribution in [0.5, 0.6) is 5.75 Å². The van der Waals surface area contributed by atoms with Gasteiger partial charge in [-0.2, -0.15) is 0 Å². The maximum absolute atomic E-state index is 5.78. The molecule has 2 heterocycles. The van der Waals surface area contributed by atoms with Crippen molar-refractivity contribution in [1.29, 1.82) is 0 Å². The fourth-order valence-electron chi connectivity index (χ4n) is 2.82. The van der Waals surface area contributed by atoms with Crippen LogP contribution in [0.3, 0.4) is 0 Å². The lowest BCUT2D eigenvalue weighted by atomic mass is 9.71. The first-order chi connectivity index (χ1) is 12.0. The van der Waals surface area contributed by atoms with Gasteiger partial charge in [0.15, 0.2) is 0 Å². The first-order valence-electron chi connectivity index (χ1n) is 8.24. The smallest absolute Gasteiger partial charge is 0.140 e. The molecule has 0 radical (unpaired) electrons. The van der Waals surface area contributed by atoms with E-state index in [1.165, 1.54) is 9.13 Å². The highest BCUT2D eigenvalue weighted by Crippen LogP contribution is 2.38. The molecule has 1 atom stereocenters. The van der Waals surface area contributed by atoms with E-state index in [1.807, 2.05) is 17.6 Å². The second-order valence-corrected chi connectivity index (χ2v) is 8.68. The zero-order chi connectivity index (χ0) is 17.9. The molecule has 3 nitrogen and oxygen atoms in total. The molecule has 1 unspecified atom stereocenters. The summed E-state index contributed by atoms with van der Waals surface area (Å²) in [6, 6.07) is 12.8. The fourth-order valence-corrected chi connectivity index (χ4v) is 3.70. The Morgan fingerprint density at radius 1 is 1.12 bits per heavy atom. The Kier molecular flexibility index (Phi) is 5.74. The largest absolute Gasteiger partial charge is 0.485 e. The molecule has 0 saturated heterocycles. The second kappa shape index (κ2) is 7.83. The molecule has 0 bridgehead atoms. The van der Waals surface area contributed by atoms with Gasteiger partial charge in [-0.25, -0.2) is 4.98 Å². The van der Waals surface area contributed by atoms with Crippen molar-refractivity contribution in [1.82, 2.24) is 9.97 Å². The van der Waals surface area contributed by atoms with Gasteiger partial charge in [0.2, 0.25) is 0 Å². The minimum Gasteiger partial charge on any atom is -0.485 e. The van der Waals surface area contributed by atoms with E-state index in [0.29, 0.717) is 12.5 Å². The summed E-state index contributed by atoms with van der Waals surface area (Å²) in [6.07, 6.45) is 3.61. The van der Waals surface area contributed by atoms with E-state index >= 15 is 0 Å². The Morgan fingerprint density at radius 2 is 1.88 bits per heavy atom. The normalized spacial score (nSPS) is 13.6. The van der Waals surface area contributed by atoms with Gasteiger partial charge >= 0.3 is 0 Å². The molecule has 0 aliphatic rings. The average molecular weight is 464 g/mol. The van der Waals surface area contributed by atoms with Crippen molar-refractivity contribution < 1.29 is 4.74 Å². The molecule has 0 aliphatic carbocycles. The summed E-state index contributed by atoms with van der Waals surface area (Å²) in [6.45, 7) is 7.23. The first kappa shape index (κ1) is 18.3. The van der Waals surface area contributed by atoms with Crippen molar-refractivity contribution in [2.75, 3.05) is 0 Å². The predicted molar refractivity (Wildman–Crippen MR) is 111 cm³/mol. The van der Waals surface area contributed by atoms with E-state index in [2.05, 4.69) is 78.7 Å². The van der Waals surface area contributed by atoms with Gasteiger partial charge in [-0.1, -0.05) is 26.0 Å². The topological polar surface area (TPSA) is 35.0 Å². The van der Waals surface area contributed by atoms with Crippen LogP contribution >= 0.6 is 33.9 Å². The van der Waals surface area contributed by atoms with Gasteiger partial charge in [0, 0.05) is 20.6 Å². The molecule has 5 heteroatoms. The number of aromatic nitrogens is 2. The molecule has 0 aliphatic heterocycles. The number of nitrogens with zero attached hydrogens (tertiary/aromatic N) is 2. The molecule has 2 aromatic heterocycles. The zero-order valence-corrected chi connectivity index (χ0v) is 17.5. The molecule has 0 spiro atoms. The van der Waals surface area contributed by atoms with Crippen LogP contribution in [0.2, 0.25) is 0 Å². The van der Waals surface area contributed by atoms with Crippen LogP contribution in [0, 0.1) is 9.49 Å². The van der Waals surface area contributed by atoms with Crippen molar-refractivity contribution in [3.05, 3.63) is 74.0 Å². The predicted octanol–water partition coefficient (Wildman–Crippen LogP) is 5.68. The standard InChI is InChI=1S/C20H21IN2OS/c1-14(2)20(3,15-4-6-16(21)7-5-15)18-9-8-17(12-23-18)24-13-19-22-10-11-25-19/h4-12,14H,13H2,1-3H3. The number of rotatable bonds is 6. The number of hydrogen-bond donors (Lipinski definition) is 0. The van der Waals surface area contributed by atoms with E-state index in [1.54, 1.807) is 17.5 Å². The maximum Gasteiger partial charge on any atom is 0.140 e. The van der Waals surface area contributed by atoms with Crippen molar-refractivity contribution in [2.24, 2.45) is 5.92 Å². The summed E-state index contributed by atoms with van der Waals surface area (Å²) in [5, 5.41) is 2.92. The van der Waals surface area contributed by atoms with Crippen LogP contribution in [0.4, 0.5) is 0 Å². The molecular formula is C20H21IN2OS. The molecule has 130 valence electrons. The van der Waals surface area contributed by atoms with E-state index in [4.69, 9.17) is 9.72 Å². The Hall–Kier alpha value is -1.47. The van der Waals surface area contributed by atoms with Crippen molar-refractivity contribution >= 4 is 33.9 Å². The molecule has 0 N–H and O–H groups in total. The first-order valence-corrected chi connectivity index (χ1v) is 10.2. The highest BCUT2D eigenvalue weighted by atomic mass is 127. The highest BCUT2D eigenvalue weighted by molar-refractivity contribution is 14.1. The summed E-state index contributed by atoms with van der Waals surface area (Å²) in [5.74, 6) is 1.19. The van der Waals surface area contributed by atoms with Gasteiger partial charge in [0.05, 0.1) is 11.9 Å². The highest BCUT2D eigenvalue weighted by Gasteiger charge is 2.33. The van der Waals surface area contributed by atoms with Crippen LogP contribution in [0.1, 0.15) is 37.0 Å². The molecular weight excluding hydrogens is 443 g/mol. The SMILES string of the molecule is CC(C)C(C)(c1ccc(I)cc1)c1ccc(OCc2nccs2)cn1. The van der Waals surface area contributed by atoms with Crippen molar-refractivity contribution in [3.63, 3.8) is 0 Å². The quantitative estimate of drug-likeness (QED) is 0.440. The number of thiazole rings is 1. The Labute approximate surface area is 166 Å². The molecule has 3 rings (SSSR count). The van der Waals surface area contributed by atoms with E-state index < -0.39 is 0 Å². The third kappa shape index (κ3) is 4.03. The summed E-state index contributed by atoms with van der Waals surface area (Å²) in [4.78, 5) is 8.96. The van der Waals surface area contributed by atoms with Crippen LogP contribution in [0.25, 0.3) is 0 Å². The molecule has 0 saturated carbocycles. The number of halogens is 1. The Balaban J connectivity index is 1.83. The van der Waals surface area contributed by atoms with Crippen LogP contribution < -0.4 is 4.74 Å². The van der Waals surface area contributed by atoms with Gasteiger partial charge in [-0.3, -0.25) is 4.98 Å². The summed E-state index contributed by atoms with van der Waals surface area (Å²) >= 11 is 3.93. The third-order valence-corrected chi connectivity index (χ3v) is 6.19. The zero-order valence-electron chi connectivity index (χ0n) is 14.6. The number of pyridine rings is 1. The van der Waals surface area contributed by atoms with Gasteiger partial charge in [0.25, 0.3) is 0 Å². The Bertz CT molecular complexity index is 801. The minimum absolute atomic E-state index is 0.141. The summed E-state index contributed by atoms with van der Waals surface area (Å²) < 4.78 is 7.03. The molecule has 1 aromatic carbocycles. The van der Waals surface area contributed by atoms with Gasteiger partial charge in [-0.15, -0.1) is 11.3 Å². The molecule has 3 aromatic rings. The third-order valence-electron chi connectivity index (χ3n) is 4.71. The lowest BCUT2D eigenvalue weighted by molar-refractivity contribution is 0.303. The van der Waals surface area contributed by atoms with Crippen molar-refractivity contribution in [2.45, 2.75) is 32.8 Å². The number of ether oxygens (including phenoxy) is 1. The van der Waals surface area contributed by atoms with Crippen molar-refractivity contribution in [3.8, 4) is 5.75 Å². The molecule has 0 fully saturated rings. The molecule has 0 amide bonds. The lowest BCUT2D eigenvalue weighted by Gasteiger charge is -2.34. The lowest BCUT2D eigenvalue weighted by Crippen LogP contribution is -2.31. The van der Waals surface area contributed by atoms with Gasteiger partial charge in [0.1, 0.15) is 17.4 Å². The Morgan fingerprint density at radius 3 is 2.44 bits per heavy atom. The van der Waals surface area contributed by atoms with E-state index in [0.717, 1.165) is 16.5 Å². The van der Waals surface area contributed by atoms with E-state index in [9.17, 15) is 0 Å². The van der Waals surface area contributed by atoms with Crippen LogP contribution in [-0.4, -0.2) is 9.97 Å². The van der Waals surface area contributed by atoms with Crippen LogP contribution in [-0.2, 0) is 12.0 Å². The van der Waals surface area contributed by atoms with E-state index in [-0.39, 0.29) is 5.41 Å². The van der Waals surface area contributed by atoms with Crippen LogP contribution in [0.15, 0.2) is 54.2 Å². The number of benzene rings is 1. The monoisotopic (exact) mass is 464 g/mol. The summed E-state index contributed by atoms with van der Waals surface area (Å²) in [5.41, 5.74) is 2.20. The summed E-state index contributed by atoms with van der Waals surface area (Å²) in [7, 11) is 0. The maximum atomic E-state index is 5.78. The fraction of sp³-hybridized carbons (Fsp3) is 0.300. The van der Waals surface area contributed by atoms with Gasteiger partial charge < -0.3 is 4.74 Å². The average Bonchev–Trinajstić information content (AvgIpc) is 3.14.